The number of hydrogen-bond acceptors (Lipinski definition) is 3. The fourth-order valence-electron chi connectivity index (χ4n) is 1.02. The number of aromatic carboxylic acids is 1. The summed E-state index contributed by atoms with van der Waals surface area (Å²) >= 11 is 0. The highest BCUT2D eigenvalue weighted by molar-refractivity contribution is 5.89. The van der Waals surface area contributed by atoms with Gasteiger partial charge in [0.2, 0.25) is 0 Å². The largest absolute Gasteiger partial charge is 0.497 e. The topological polar surface area (TPSA) is 66.8 Å². The van der Waals surface area contributed by atoms with Crippen molar-refractivity contribution in [2.45, 2.75) is 6.61 Å². The molecule has 0 aliphatic rings. The number of carbonyl (C=O) groups is 1. The summed E-state index contributed by atoms with van der Waals surface area (Å²) in [6, 6.07) is 4.52. The number of aliphatic hydroxyl groups excluding tert-OH is 1. The van der Waals surface area contributed by atoms with Gasteiger partial charge in [0.25, 0.3) is 0 Å². The molecule has 4 nitrogen and oxygen atoms in total. The third-order valence-corrected chi connectivity index (χ3v) is 1.72. The molecular formula is C9H10O4. The lowest BCUT2D eigenvalue weighted by molar-refractivity contribution is 0.0693. The van der Waals surface area contributed by atoms with Gasteiger partial charge in [0.1, 0.15) is 5.75 Å². The van der Waals surface area contributed by atoms with Crippen LogP contribution in [0.2, 0.25) is 0 Å². The molecule has 0 spiro atoms. The molecule has 0 aromatic heterocycles. The smallest absolute Gasteiger partial charge is 0.336 e. The number of carboxylic acids is 1. The van der Waals surface area contributed by atoms with E-state index in [4.69, 9.17) is 14.9 Å². The van der Waals surface area contributed by atoms with Crippen LogP contribution in [-0.2, 0) is 6.61 Å². The molecule has 0 saturated heterocycles. The normalized spacial score (nSPS) is 9.69. The van der Waals surface area contributed by atoms with Gasteiger partial charge in [-0.05, 0) is 17.7 Å². The predicted octanol–water partition coefficient (Wildman–Crippen LogP) is 0.886. The SMILES string of the molecule is COc1ccc(CO)c(C(=O)O)c1. The van der Waals surface area contributed by atoms with Crippen molar-refractivity contribution in [1.29, 1.82) is 0 Å². The first-order valence-electron chi connectivity index (χ1n) is 3.70. The monoisotopic (exact) mass is 182 g/mol. The number of hydrogen-bond donors (Lipinski definition) is 2. The standard InChI is InChI=1S/C9H10O4/c1-13-7-3-2-6(5-10)8(4-7)9(11)12/h2-4,10H,5H2,1H3,(H,11,12). The van der Waals surface area contributed by atoms with Crippen LogP contribution in [0, 0.1) is 0 Å². The summed E-state index contributed by atoms with van der Waals surface area (Å²) < 4.78 is 4.86. The molecule has 0 amide bonds. The van der Waals surface area contributed by atoms with Crippen LogP contribution in [-0.4, -0.2) is 23.3 Å². The number of ether oxygens (including phenoxy) is 1. The minimum absolute atomic E-state index is 0.0712. The molecule has 0 fully saturated rings. The lowest BCUT2D eigenvalue weighted by Crippen LogP contribution is -2.02. The number of rotatable bonds is 3. The third-order valence-electron chi connectivity index (χ3n) is 1.72. The van der Waals surface area contributed by atoms with Crippen LogP contribution >= 0.6 is 0 Å². The highest BCUT2D eigenvalue weighted by Crippen LogP contribution is 2.17. The van der Waals surface area contributed by atoms with Gasteiger partial charge in [-0.15, -0.1) is 0 Å². The lowest BCUT2D eigenvalue weighted by atomic mass is 10.1. The highest BCUT2D eigenvalue weighted by atomic mass is 16.5. The van der Waals surface area contributed by atoms with Crippen molar-refractivity contribution in [3.05, 3.63) is 29.3 Å². The summed E-state index contributed by atoms with van der Waals surface area (Å²) in [4.78, 5) is 10.7. The van der Waals surface area contributed by atoms with E-state index in [1.807, 2.05) is 0 Å². The van der Waals surface area contributed by atoms with E-state index in [-0.39, 0.29) is 12.2 Å². The lowest BCUT2D eigenvalue weighted by Gasteiger charge is -2.05. The Kier molecular flexibility index (Phi) is 2.87. The summed E-state index contributed by atoms with van der Waals surface area (Å²) in [5.74, 6) is -0.599. The molecule has 0 bridgehead atoms. The van der Waals surface area contributed by atoms with Gasteiger partial charge in [0.15, 0.2) is 0 Å². The number of benzene rings is 1. The molecule has 1 aromatic carbocycles. The Bertz CT molecular complexity index is 319. The Morgan fingerprint density at radius 1 is 1.54 bits per heavy atom. The van der Waals surface area contributed by atoms with Crippen LogP contribution in [0.3, 0.4) is 0 Å². The minimum Gasteiger partial charge on any atom is -0.497 e. The molecule has 70 valence electrons. The summed E-state index contributed by atoms with van der Waals surface area (Å²) in [5, 5.41) is 17.6. The fourth-order valence-corrected chi connectivity index (χ4v) is 1.02. The zero-order valence-electron chi connectivity index (χ0n) is 7.15. The zero-order chi connectivity index (χ0) is 9.84. The molecule has 1 rings (SSSR count). The van der Waals surface area contributed by atoms with Gasteiger partial charge in [-0.2, -0.15) is 0 Å². The molecule has 0 unspecified atom stereocenters. The molecule has 0 aliphatic carbocycles. The van der Waals surface area contributed by atoms with E-state index >= 15 is 0 Å². The van der Waals surface area contributed by atoms with Crippen LogP contribution in [0.5, 0.6) is 5.75 Å². The van der Waals surface area contributed by atoms with Crippen molar-refractivity contribution >= 4 is 5.97 Å². The molecule has 0 aliphatic heterocycles. The first-order chi connectivity index (χ1) is 6.19. The predicted molar refractivity (Wildman–Crippen MR) is 45.9 cm³/mol. The second kappa shape index (κ2) is 3.91. The molecule has 1 aromatic rings. The Labute approximate surface area is 75.4 Å². The van der Waals surface area contributed by atoms with E-state index in [1.54, 1.807) is 6.07 Å². The summed E-state index contributed by atoms with van der Waals surface area (Å²) in [5.41, 5.74) is 0.454. The number of aliphatic hydroxyl groups is 1. The molecule has 0 heterocycles. The third kappa shape index (κ3) is 1.97. The van der Waals surface area contributed by atoms with E-state index in [1.165, 1.54) is 19.2 Å². The quantitative estimate of drug-likeness (QED) is 0.728. The molecule has 0 saturated carbocycles. The second-order valence-electron chi connectivity index (χ2n) is 2.49. The van der Waals surface area contributed by atoms with E-state index in [0.717, 1.165) is 0 Å². The maximum Gasteiger partial charge on any atom is 0.336 e. The van der Waals surface area contributed by atoms with Gasteiger partial charge in [0, 0.05) is 0 Å². The second-order valence-corrected chi connectivity index (χ2v) is 2.49. The average Bonchev–Trinajstić information content (AvgIpc) is 2.16. The maximum absolute atomic E-state index is 10.7. The average molecular weight is 182 g/mol. The molecule has 2 N–H and O–H groups in total. The molecule has 13 heavy (non-hydrogen) atoms. The van der Waals surface area contributed by atoms with Gasteiger partial charge in [-0.25, -0.2) is 4.79 Å². The van der Waals surface area contributed by atoms with Gasteiger partial charge < -0.3 is 14.9 Å². The maximum atomic E-state index is 10.7. The van der Waals surface area contributed by atoms with Gasteiger partial charge in [0.05, 0.1) is 19.3 Å². The van der Waals surface area contributed by atoms with Crippen LogP contribution in [0.15, 0.2) is 18.2 Å². The van der Waals surface area contributed by atoms with Crippen molar-refractivity contribution in [2.24, 2.45) is 0 Å². The van der Waals surface area contributed by atoms with Gasteiger partial charge in [-0.3, -0.25) is 0 Å². The van der Waals surface area contributed by atoms with Gasteiger partial charge >= 0.3 is 5.97 Å². The van der Waals surface area contributed by atoms with Crippen molar-refractivity contribution in [2.75, 3.05) is 7.11 Å². The van der Waals surface area contributed by atoms with Crippen LogP contribution in [0.4, 0.5) is 0 Å². The van der Waals surface area contributed by atoms with Crippen molar-refractivity contribution in [3.63, 3.8) is 0 Å². The Hall–Kier alpha value is -1.55. The fraction of sp³-hybridized carbons (Fsp3) is 0.222. The molecule has 4 heteroatoms. The summed E-state index contributed by atoms with van der Waals surface area (Å²) in [7, 11) is 1.46. The van der Waals surface area contributed by atoms with Crippen molar-refractivity contribution in [3.8, 4) is 5.75 Å². The molecular weight excluding hydrogens is 172 g/mol. The Morgan fingerprint density at radius 2 is 2.23 bits per heavy atom. The number of methoxy groups -OCH3 is 1. The minimum atomic E-state index is -1.07. The van der Waals surface area contributed by atoms with E-state index in [9.17, 15) is 4.79 Å². The van der Waals surface area contributed by atoms with E-state index in [2.05, 4.69) is 0 Å². The first-order valence-corrected chi connectivity index (χ1v) is 3.70. The van der Waals surface area contributed by atoms with Gasteiger partial charge in [-0.1, -0.05) is 6.07 Å². The Balaban J connectivity index is 3.18. The number of carboxylic acid groups (broad SMARTS) is 1. The summed E-state index contributed by atoms with van der Waals surface area (Å²) in [6.45, 7) is -0.286. The van der Waals surface area contributed by atoms with Crippen molar-refractivity contribution in [1.82, 2.24) is 0 Å². The van der Waals surface area contributed by atoms with Crippen molar-refractivity contribution < 1.29 is 19.7 Å². The summed E-state index contributed by atoms with van der Waals surface area (Å²) in [6.07, 6.45) is 0. The van der Waals surface area contributed by atoms with Crippen LogP contribution in [0.25, 0.3) is 0 Å². The Morgan fingerprint density at radius 3 is 2.69 bits per heavy atom. The molecule has 0 atom stereocenters. The van der Waals surface area contributed by atoms with E-state index in [0.29, 0.717) is 11.3 Å². The zero-order valence-corrected chi connectivity index (χ0v) is 7.15. The first kappa shape index (κ1) is 9.54. The molecule has 0 radical (unpaired) electrons. The van der Waals surface area contributed by atoms with E-state index < -0.39 is 5.97 Å². The van der Waals surface area contributed by atoms with Crippen LogP contribution in [0.1, 0.15) is 15.9 Å². The highest BCUT2D eigenvalue weighted by Gasteiger charge is 2.09. The van der Waals surface area contributed by atoms with Crippen LogP contribution < -0.4 is 4.74 Å².